The number of aliphatic hydroxyl groups is 1. The molecule has 0 radical (unpaired) electrons. The molecule has 0 saturated carbocycles. The van der Waals surface area contributed by atoms with Gasteiger partial charge in [-0.2, -0.15) is 0 Å². The molecule has 0 bridgehead atoms. The second-order valence-electron chi connectivity index (χ2n) is 2.23. The van der Waals surface area contributed by atoms with Crippen molar-refractivity contribution in [3.8, 4) is 0 Å². The number of nitroso groups, excluding NO2 is 1. The van der Waals surface area contributed by atoms with Gasteiger partial charge in [0.05, 0.1) is 5.29 Å². The molecule has 1 atom stereocenters. The van der Waals surface area contributed by atoms with Crippen LogP contribution in [0.4, 0.5) is 0 Å². The standard InChI is InChI=1S/C6H14N2O2/c1-3-4-5-8(7-10)6(2)9/h6,9H,3-5H2,1-2H3. The lowest BCUT2D eigenvalue weighted by atomic mass is 10.3. The molecule has 0 fully saturated rings. The normalized spacial score (nSPS) is 12.7. The van der Waals surface area contributed by atoms with Crippen LogP contribution >= 0.6 is 0 Å². The van der Waals surface area contributed by atoms with Crippen molar-refractivity contribution >= 4 is 0 Å². The summed E-state index contributed by atoms with van der Waals surface area (Å²) in [7, 11) is 0. The smallest absolute Gasteiger partial charge is 0.142 e. The van der Waals surface area contributed by atoms with Gasteiger partial charge < -0.3 is 5.11 Å². The Kier molecular flexibility index (Phi) is 4.84. The minimum absolute atomic E-state index is 0.539. The molecule has 0 rings (SSSR count). The van der Waals surface area contributed by atoms with E-state index in [9.17, 15) is 4.91 Å². The molecule has 0 aromatic carbocycles. The van der Waals surface area contributed by atoms with E-state index in [1.807, 2.05) is 6.92 Å². The van der Waals surface area contributed by atoms with Gasteiger partial charge in [0.15, 0.2) is 0 Å². The lowest BCUT2D eigenvalue weighted by molar-refractivity contribution is 0.0181. The van der Waals surface area contributed by atoms with Crippen molar-refractivity contribution in [2.24, 2.45) is 5.29 Å². The third kappa shape index (κ3) is 3.40. The Morgan fingerprint density at radius 2 is 2.30 bits per heavy atom. The Morgan fingerprint density at radius 1 is 1.70 bits per heavy atom. The molecule has 0 saturated heterocycles. The lowest BCUT2D eigenvalue weighted by Crippen LogP contribution is -2.27. The molecule has 1 N–H and O–H groups in total. The van der Waals surface area contributed by atoms with E-state index in [0.29, 0.717) is 6.54 Å². The quantitative estimate of drug-likeness (QED) is 0.359. The summed E-state index contributed by atoms with van der Waals surface area (Å²) in [4.78, 5) is 9.97. The Hall–Kier alpha value is -0.640. The van der Waals surface area contributed by atoms with Crippen molar-refractivity contribution < 1.29 is 5.11 Å². The van der Waals surface area contributed by atoms with Gasteiger partial charge in [-0.1, -0.05) is 13.3 Å². The molecular formula is C6H14N2O2. The van der Waals surface area contributed by atoms with Gasteiger partial charge in [-0.05, 0) is 13.3 Å². The molecule has 0 aliphatic rings. The van der Waals surface area contributed by atoms with Crippen LogP contribution in [-0.4, -0.2) is 22.9 Å². The molecular weight excluding hydrogens is 132 g/mol. The van der Waals surface area contributed by atoms with Crippen LogP contribution in [0.2, 0.25) is 0 Å². The number of unbranched alkanes of at least 4 members (excludes halogenated alkanes) is 1. The molecule has 0 aromatic heterocycles. The number of nitrogens with zero attached hydrogens (tertiary/aromatic N) is 2. The number of hydrogen-bond donors (Lipinski definition) is 1. The fraction of sp³-hybridized carbons (Fsp3) is 1.00. The van der Waals surface area contributed by atoms with Crippen molar-refractivity contribution in [3.63, 3.8) is 0 Å². The third-order valence-electron chi connectivity index (χ3n) is 1.28. The topological polar surface area (TPSA) is 52.9 Å². The largest absolute Gasteiger partial charge is 0.372 e. The predicted octanol–water partition coefficient (Wildman–Crippen LogP) is 1.11. The molecule has 1 unspecified atom stereocenters. The Labute approximate surface area is 60.8 Å². The molecule has 0 aliphatic carbocycles. The van der Waals surface area contributed by atoms with E-state index in [1.54, 1.807) is 0 Å². The molecule has 4 nitrogen and oxygen atoms in total. The van der Waals surface area contributed by atoms with E-state index in [2.05, 4.69) is 5.29 Å². The van der Waals surface area contributed by atoms with Crippen LogP contribution in [0.1, 0.15) is 26.7 Å². The van der Waals surface area contributed by atoms with Crippen LogP contribution in [0, 0.1) is 4.91 Å². The highest BCUT2D eigenvalue weighted by molar-refractivity contribution is 4.50. The summed E-state index contributed by atoms with van der Waals surface area (Å²) in [6, 6.07) is 0. The van der Waals surface area contributed by atoms with Gasteiger partial charge in [0.2, 0.25) is 0 Å². The Morgan fingerprint density at radius 3 is 2.60 bits per heavy atom. The molecule has 0 aliphatic heterocycles. The van der Waals surface area contributed by atoms with Crippen LogP contribution in [-0.2, 0) is 0 Å². The van der Waals surface area contributed by atoms with E-state index >= 15 is 0 Å². The van der Waals surface area contributed by atoms with Crippen LogP contribution in [0.3, 0.4) is 0 Å². The van der Waals surface area contributed by atoms with E-state index in [-0.39, 0.29) is 0 Å². The van der Waals surface area contributed by atoms with Crippen LogP contribution in [0.5, 0.6) is 0 Å². The van der Waals surface area contributed by atoms with Crippen molar-refractivity contribution in [2.45, 2.75) is 32.9 Å². The van der Waals surface area contributed by atoms with Crippen molar-refractivity contribution in [3.05, 3.63) is 4.91 Å². The summed E-state index contributed by atoms with van der Waals surface area (Å²) < 4.78 is 0. The van der Waals surface area contributed by atoms with E-state index < -0.39 is 6.23 Å². The van der Waals surface area contributed by atoms with Crippen LogP contribution in [0.15, 0.2) is 5.29 Å². The van der Waals surface area contributed by atoms with Crippen LogP contribution < -0.4 is 0 Å². The van der Waals surface area contributed by atoms with E-state index in [1.165, 1.54) is 6.92 Å². The van der Waals surface area contributed by atoms with Gasteiger partial charge in [0, 0.05) is 6.54 Å². The second kappa shape index (κ2) is 5.17. The van der Waals surface area contributed by atoms with Gasteiger partial charge in [-0.15, -0.1) is 4.91 Å². The third-order valence-corrected chi connectivity index (χ3v) is 1.28. The monoisotopic (exact) mass is 146 g/mol. The zero-order chi connectivity index (χ0) is 7.98. The highest BCUT2D eigenvalue weighted by Gasteiger charge is 2.06. The first kappa shape index (κ1) is 9.36. The maximum atomic E-state index is 9.97. The van der Waals surface area contributed by atoms with E-state index in [0.717, 1.165) is 17.9 Å². The molecule has 0 heterocycles. The highest BCUT2D eigenvalue weighted by Crippen LogP contribution is 1.98. The first-order valence-electron chi connectivity index (χ1n) is 3.50. The summed E-state index contributed by atoms with van der Waals surface area (Å²) in [5.41, 5.74) is 0. The number of rotatable bonds is 5. The minimum atomic E-state index is -0.760. The molecule has 4 heteroatoms. The minimum Gasteiger partial charge on any atom is -0.372 e. The SMILES string of the molecule is CCCCN(N=O)C(C)O. The summed E-state index contributed by atoms with van der Waals surface area (Å²) in [5, 5.41) is 12.7. The lowest BCUT2D eigenvalue weighted by Gasteiger charge is -2.16. The molecule has 60 valence electrons. The molecule has 10 heavy (non-hydrogen) atoms. The molecule has 0 aromatic rings. The fourth-order valence-electron chi connectivity index (χ4n) is 0.616. The maximum Gasteiger partial charge on any atom is 0.142 e. The van der Waals surface area contributed by atoms with Gasteiger partial charge in [-0.25, -0.2) is 5.01 Å². The molecule has 0 spiro atoms. The van der Waals surface area contributed by atoms with Gasteiger partial charge >= 0.3 is 0 Å². The predicted molar refractivity (Wildman–Crippen MR) is 39.1 cm³/mol. The average molecular weight is 146 g/mol. The summed E-state index contributed by atoms with van der Waals surface area (Å²) in [6.07, 6.45) is 1.12. The molecule has 0 amide bonds. The van der Waals surface area contributed by atoms with Crippen molar-refractivity contribution in [2.75, 3.05) is 6.54 Å². The fourth-order valence-corrected chi connectivity index (χ4v) is 0.616. The van der Waals surface area contributed by atoms with Gasteiger partial charge in [0.1, 0.15) is 6.23 Å². The van der Waals surface area contributed by atoms with Gasteiger partial charge in [-0.3, -0.25) is 0 Å². The first-order chi connectivity index (χ1) is 4.72. The van der Waals surface area contributed by atoms with Crippen molar-refractivity contribution in [1.29, 1.82) is 0 Å². The highest BCUT2D eigenvalue weighted by atomic mass is 16.3. The maximum absolute atomic E-state index is 9.97. The average Bonchev–Trinajstić information content (AvgIpc) is 1.89. The summed E-state index contributed by atoms with van der Waals surface area (Å²) in [5.74, 6) is 0. The zero-order valence-corrected chi connectivity index (χ0v) is 6.45. The zero-order valence-electron chi connectivity index (χ0n) is 6.45. The number of aliphatic hydroxyl groups excluding tert-OH is 1. The summed E-state index contributed by atoms with van der Waals surface area (Å²) >= 11 is 0. The van der Waals surface area contributed by atoms with E-state index in [4.69, 9.17) is 5.11 Å². The van der Waals surface area contributed by atoms with Crippen molar-refractivity contribution in [1.82, 2.24) is 5.01 Å². The van der Waals surface area contributed by atoms with Gasteiger partial charge in [0.25, 0.3) is 0 Å². The van der Waals surface area contributed by atoms with Crippen LogP contribution in [0.25, 0.3) is 0 Å². The Balaban J connectivity index is 3.50. The Bertz CT molecular complexity index is 95.7. The number of hydrogen-bond acceptors (Lipinski definition) is 3. The summed E-state index contributed by atoms with van der Waals surface area (Å²) in [6.45, 7) is 4.08. The first-order valence-corrected chi connectivity index (χ1v) is 3.50. The second-order valence-corrected chi connectivity index (χ2v) is 2.23.